The molecule has 0 aliphatic carbocycles. The molecule has 696 valence electrons. The number of halogens is 1. The van der Waals surface area contributed by atoms with Crippen LogP contribution in [-0.4, -0.2) is 295 Å². The SMILES string of the molecule is CC1(C)O[C@H]2O[C@H](CO)C(O)[C@@H]2O1.CCC1[C@@H](CC)O[C@@H]2OC(C)(C)O[C@@H]12.CCCC1[C@@H](CC)O[C@@H]2OC(C)(C)O[C@@H]12.CCCC1[C@@H](CO)O[C@@H]2OC(C)(C)O[C@@H]12.CC[C@H]1O[C@@H]2OC(C)(C)O[C@H]2C1=O.CC[C@H]1O[C@@H]2OC(C)(C)O[C@H]2C1CCO.CC[C@H]1O[C@@H]2OC(C)(C)O[C@H]2C1O.COC(=O)CP(C)(C)=O.O=C(Cl)c1ccccc1.O=C=O.[AlH3].[H-].[Li+]. The summed E-state index contributed by atoms with van der Waals surface area (Å²) < 4.78 is 133. The third kappa shape index (κ3) is 31.7. The Bertz CT molecular complexity index is 3180. The van der Waals surface area contributed by atoms with Crippen LogP contribution in [0.1, 0.15) is 235 Å². The molecule has 14 aliphatic rings. The number of carbonyl (C=O) groups is 3. The van der Waals surface area contributed by atoms with E-state index in [1.165, 1.54) is 20.0 Å². The summed E-state index contributed by atoms with van der Waals surface area (Å²) >= 11 is 5.16. The van der Waals surface area contributed by atoms with Gasteiger partial charge in [0.15, 0.2) is 114 Å². The Kier molecular flexibility index (Phi) is 44.9. The van der Waals surface area contributed by atoms with Crippen molar-refractivity contribution in [2.75, 3.05) is 46.4 Å². The third-order valence-electron chi connectivity index (χ3n) is 21.6. The number of aliphatic hydroxyl groups is 5. The Hall–Kier alpha value is -1.98. The normalized spacial score (nSPS) is 37.7. The van der Waals surface area contributed by atoms with Crippen LogP contribution in [0.2, 0.25) is 0 Å². The summed E-state index contributed by atoms with van der Waals surface area (Å²) in [4.78, 5) is 48.7. The summed E-state index contributed by atoms with van der Waals surface area (Å²) in [5.41, 5.74) is 0.541. The van der Waals surface area contributed by atoms with Crippen LogP contribution in [0.15, 0.2) is 30.3 Å². The molecule has 0 radical (unpaired) electrons. The van der Waals surface area contributed by atoms with Gasteiger partial charge in [-0.15, -0.1) is 0 Å². The fourth-order valence-corrected chi connectivity index (χ4v) is 17.4. The second-order valence-corrected chi connectivity index (χ2v) is 38.7. The minimum atomic E-state index is -2.21. The molecule has 6 unspecified atom stereocenters. The van der Waals surface area contributed by atoms with Crippen molar-refractivity contribution in [1.82, 2.24) is 0 Å². The molecule has 14 fully saturated rings. The second kappa shape index (κ2) is 48.8. The quantitative estimate of drug-likeness (QED) is 0.0486. The molecule has 14 saturated heterocycles. The van der Waals surface area contributed by atoms with Gasteiger partial charge in [-0.1, -0.05) is 98.6 Å². The predicted molar refractivity (Wildman–Crippen MR) is 438 cm³/mol. The van der Waals surface area contributed by atoms with E-state index in [0.717, 1.165) is 51.4 Å². The van der Waals surface area contributed by atoms with Crippen molar-refractivity contribution in [3.8, 4) is 0 Å². The van der Waals surface area contributed by atoms with E-state index >= 15 is 0 Å². The maximum absolute atomic E-state index is 11.6. The number of carbonyl (C=O) groups excluding carboxylic acids is 5. The first-order valence-electron chi connectivity index (χ1n) is 42.2. The first-order chi connectivity index (χ1) is 55.6. The number of ketones is 1. The van der Waals surface area contributed by atoms with Gasteiger partial charge in [-0.3, -0.25) is 14.4 Å². The number of rotatable bonds is 17. The van der Waals surface area contributed by atoms with Crippen LogP contribution in [0.3, 0.4) is 0 Å². The smallest absolute Gasteiger partial charge is 1.00 e. The van der Waals surface area contributed by atoms with Crippen LogP contribution in [-0.2, 0) is 128 Å². The zero-order valence-corrected chi connectivity index (χ0v) is 77.2. The van der Waals surface area contributed by atoms with Gasteiger partial charge < -0.3 is 136 Å². The molecule has 27 atom stereocenters. The van der Waals surface area contributed by atoms with Crippen LogP contribution in [0, 0.1) is 23.7 Å². The maximum Gasteiger partial charge on any atom is 1.00 e. The van der Waals surface area contributed by atoms with Crippen LogP contribution in [0.5, 0.6) is 0 Å². The van der Waals surface area contributed by atoms with Gasteiger partial charge in [-0.2, -0.15) is 9.59 Å². The Morgan fingerprint density at radius 3 is 1.04 bits per heavy atom. The summed E-state index contributed by atoms with van der Waals surface area (Å²) in [6.45, 7) is 46.0. The predicted octanol–water partition coefficient (Wildman–Crippen LogP) is 6.42. The molecule has 33 nitrogen and oxygen atoms in total. The van der Waals surface area contributed by atoms with Crippen LogP contribution >= 0.6 is 18.7 Å². The fraction of sp³-hybridized carbons (Fsp3) is 0.881. The average Bonchev–Trinajstić information content (AvgIpc) is 1.68. The average molecular weight is 1780 g/mol. The third-order valence-corrected chi connectivity index (χ3v) is 22.9. The molecule has 1 aromatic rings. The maximum atomic E-state index is 11.6. The van der Waals surface area contributed by atoms with Gasteiger partial charge in [0.2, 0.25) is 0 Å². The van der Waals surface area contributed by atoms with Gasteiger partial charge in [0.05, 0.1) is 64.1 Å². The molecule has 15 rings (SSSR count). The van der Waals surface area contributed by atoms with Gasteiger partial charge in [-0.25, -0.2) is 0 Å². The minimum Gasteiger partial charge on any atom is -1.00 e. The Balaban J connectivity index is 0.000000353. The monoisotopic (exact) mass is 1780 g/mol. The minimum absolute atomic E-state index is 0. The molecule has 121 heavy (non-hydrogen) atoms. The molecule has 1 aromatic carbocycles. The molecule has 0 saturated carbocycles. The molecule has 0 amide bonds. The van der Waals surface area contributed by atoms with E-state index in [2.05, 4.69) is 46.3 Å². The number of methoxy groups -OCH3 is 1. The van der Waals surface area contributed by atoms with Crippen molar-refractivity contribution in [2.45, 2.75) is 405 Å². The Labute approximate surface area is 744 Å². The Morgan fingerprint density at radius 2 is 0.744 bits per heavy atom. The molecule has 0 spiro atoms. The van der Waals surface area contributed by atoms with Crippen molar-refractivity contribution in [3.05, 3.63) is 35.9 Å². The van der Waals surface area contributed by atoms with Gasteiger partial charge >= 0.3 is 31.0 Å². The molecular weight excluding hydrogens is 1640 g/mol. The fourth-order valence-electron chi connectivity index (χ4n) is 16.6. The molecule has 0 bridgehead atoms. The number of aliphatic hydroxyl groups excluding tert-OH is 5. The number of hydrogen-bond donors (Lipinski definition) is 5. The number of fused-ring (bicyclic) bond motifs is 7. The van der Waals surface area contributed by atoms with E-state index < -0.39 is 108 Å². The van der Waals surface area contributed by atoms with Gasteiger partial charge in [0, 0.05) is 35.8 Å². The number of hydrogen-bond acceptors (Lipinski definition) is 33. The molecule has 37 heteroatoms. The van der Waals surface area contributed by atoms with Crippen molar-refractivity contribution in [2.24, 2.45) is 23.7 Å². The summed E-state index contributed by atoms with van der Waals surface area (Å²) in [5.74, 6) is -2.96. The zero-order valence-electron chi connectivity index (χ0n) is 76.6. The summed E-state index contributed by atoms with van der Waals surface area (Å²) in [5, 5.41) is 46.0. The van der Waals surface area contributed by atoms with E-state index in [4.69, 9.17) is 131 Å². The van der Waals surface area contributed by atoms with E-state index in [0.29, 0.717) is 36.0 Å². The first-order valence-corrected chi connectivity index (χ1v) is 45.4. The van der Waals surface area contributed by atoms with Crippen LogP contribution in [0.25, 0.3) is 0 Å². The van der Waals surface area contributed by atoms with E-state index in [-0.39, 0.29) is 167 Å². The standard InChI is InChI=1S/C12H22O3.2C11H20O4.C11H20O3.C9H16O4.C9H14O4.C8H14O5.C7H5ClO.C5H11O3P.CO2.Al.Li.4H/c1-5-7-8-9(6-2)13-11-10(8)14-12(3,4)15-11;1-4-8-7(5-6-12)9-10(13-8)15-11(2,3)14-9;1-4-5-7-8(6-12)13-10-9(7)14-11(2,3)15-10;1-5-7-8(6-2)12-10-9(7)13-11(3,4)14-10;2*1-4-5-6(10)7-8(11-5)13-9(2,3)12-7;1-8(2)12-6-5(10)4(3-9)11-7(6)13-8;8-7(9)6-4-2-1-3-5-6;1-8-5(6)4-9(2,3)7;2-1-3;;;;;;/h8-11H,5-7H2,1-4H3;2*7-10,12H,4-6H2,1-3H3;7-10H,5-6H2,1-4H3;5-8,10H,4H2,1-3H3;5,7-8H,4H2,1-3H3;4-7,9-10H,3H2,1-2H3;1-5H;4H2,1-3H3;;;;;;;/q;;;;;;;;;;;+1;;;;-1/t8?,9-,10+,11-;3*7?,8-,9+,10-;5-,6?,7+,8-;5-,7+,8-;4-,5?,6+,7-;;;;;;;;;/m1111111........./s1. The Morgan fingerprint density at radius 1 is 0.438 bits per heavy atom. The first kappa shape index (κ1) is 111. The molecule has 0 aromatic heterocycles. The zero-order chi connectivity index (χ0) is 89.3. The summed E-state index contributed by atoms with van der Waals surface area (Å²) in [7, 11) is -0.923. The van der Waals surface area contributed by atoms with Gasteiger partial charge in [0.1, 0.15) is 61.0 Å². The van der Waals surface area contributed by atoms with E-state index in [1.54, 1.807) is 65.3 Å². The number of esters is 1. The molecule has 14 heterocycles. The number of Topliss-reactive ketones (excluding diaryl/α,β-unsaturated/α-hetero) is 1. The van der Waals surface area contributed by atoms with Crippen molar-refractivity contribution in [1.29, 1.82) is 0 Å². The molecule has 14 aliphatic heterocycles. The van der Waals surface area contributed by atoms with Crippen LogP contribution < -0.4 is 18.9 Å². The summed E-state index contributed by atoms with van der Waals surface area (Å²) in [6.07, 6.45) is 5.89. The van der Waals surface area contributed by atoms with Crippen molar-refractivity contribution >= 4 is 59.3 Å². The van der Waals surface area contributed by atoms with Gasteiger partial charge in [-0.05, 0) is 180 Å². The number of ether oxygens (including phenoxy) is 22. The molecule has 5 N–H and O–H groups in total. The van der Waals surface area contributed by atoms with Crippen molar-refractivity contribution in [3.63, 3.8) is 0 Å². The van der Waals surface area contributed by atoms with Gasteiger partial charge in [0.25, 0.3) is 5.24 Å². The largest absolute Gasteiger partial charge is 1.00 e. The van der Waals surface area contributed by atoms with E-state index in [9.17, 15) is 34.3 Å². The summed E-state index contributed by atoms with van der Waals surface area (Å²) in [6, 6.07) is 8.74. The molecular formula is C84H146AlClLiO33P. The number of benzene rings is 1. The second-order valence-electron chi connectivity index (χ2n) is 34.9. The topological polar surface area (TPSA) is 407 Å². The van der Waals surface area contributed by atoms with Crippen molar-refractivity contribution < 1.29 is 179 Å². The van der Waals surface area contributed by atoms with Crippen LogP contribution in [0.4, 0.5) is 0 Å². The van der Waals surface area contributed by atoms with E-state index in [1.807, 2.05) is 89.2 Å².